The fraction of sp³-hybridized carbons (Fsp3) is 0.857. The van der Waals surface area contributed by atoms with Crippen LogP contribution in [0.2, 0.25) is 0 Å². The molecule has 0 aliphatic heterocycles. The zero-order chi connectivity index (χ0) is 16.4. The maximum Gasteiger partial charge on any atom is 1.00 e. The summed E-state index contributed by atoms with van der Waals surface area (Å²) in [6.45, 7) is 8.06. The summed E-state index contributed by atoms with van der Waals surface area (Å²) >= 11 is -2.71. The normalized spacial score (nSPS) is 15.9. The third kappa shape index (κ3) is 10.7. The van der Waals surface area contributed by atoms with Gasteiger partial charge in [0.25, 0.3) is 0 Å². The number of rotatable bonds is 10. The molecule has 4 atom stereocenters. The van der Waals surface area contributed by atoms with E-state index in [2.05, 4.69) is 0 Å². The Kier molecular flexibility index (Phi) is 14.9. The first-order chi connectivity index (χ1) is 9.81. The van der Waals surface area contributed by atoms with E-state index in [0.29, 0.717) is 0 Å². The van der Waals surface area contributed by atoms with Crippen molar-refractivity contribution in [1.29, 1.82) is 0 Å². The van der Waals surface area contributed by atoms with E-state index in [1.807, 2.05) is 27.7 Å². The van der Waals surface area contributed by atoms with Crippen LogP contribution in [0, 0.1) is 11.8 Å². The number of ether oxygens (including phenoxy) is 2. The summed E-state index contributed by atoms with van der Waals surface area (Å²) in [5, 5.41) is -1.50. The maximum absolute atomic E-state index is 11.7. The number of carbonyl (C=O) groups is 2. The topological polar surface area (TPSA) is 92.7 Å². The zero-order valence-electron chi connectivity index (χ0n) is 14.1. The van der Waals surface area contributed by atoms with E-state index in [-0.39, 0.29) is 54.6 Å². The Morgan fingerprint density at radius 3 is 1.91 bits per heavy atom. The number of hydrogen-bond donors (Lipinski definition) is 0. The smallest absolute Gasteiger partial charge is 0.772 e. The molecule has 6 nitrogen and oxygen atoms in total. The summed E-state index contributed by atoms with van der Waals surface area (Å²) in [5.41, 5.74) is 0. The van der Waals surface area contributed by atoms with Crippen LogP contribution in [0.5, 0.6) is 0 Å². The van der Waals surface area contributed by atoms with Crippen LogP contribution in [-0.4, -0.2) is 39.2 Å². The van der Waals surface area contributed by atoms with E-state index >= 15 is 0 Å². The molecule has 0 N–H and O–H groups in total. The molecule has 22 heavy (non-hydrogen) atoms. The Hall–Kier alpha value is 0.0500. The molecular weight excluding hydrogens is 319 g/mol. The van der Waals surface area contributed by atoms with Crippen LogP contribution in [0.4, 0.5) is 0 Å². The fourth-order valence-electron chi connectivity index (χ4n) is 1.23. The molecule has 0 aliphatic carbocycles. The van der Waals surface area contributed by atoms with Gasteiger partial charge in [-0.15, -0.1) is 0 Å². The first-order valence-electron chi connectivity index (χ1n) is 7.22. The largest absolute Gasteiger partial charge is 1.00 e. The van der Waals surface area contributed by atoms with E-state index in [1.54, 1.807) is 0 Å². The first-order valence-corrected chi connectivity index (χ1v) is 8.35. The third-order valence-electron chi connectivity index (χ3n) is 3.28. The average molecular weight is 344 g/mol. The van der Waals surface area contributed by atoms with Gasteiger partial charge >= 0.3 is 41.5 Å². The van der Waals surface area contributed by atoms with Crippen molar-refractivity contribution in [3.05, 3.63) is 0 Å². The molecule has 0 spiro atoms. The van der Waals surface area contributed by atoms with Gasteiger partial charge in [0.15, 0.2) is 0 Å². The molecule has 0 saturated heterocycles. The molecule has 0 bridgehead atoms. The second kappa shape index (κ2) is 13.5. The molecular formula is C14H25NaO6S. The van der Waals surface area contributed by atoms with E-state index in [0.717, 1.165) is 12.8 Å². The molecule has 124 valence electrons. The van der Waals surface area contributed by atoms with Gasteiger partial charge in [-0.2, -0.15) is 0 Å². The summed E-state index contributed by atoms with van der Waals surface area (Å²) in [4.78, 5) is 23.3. The average Bonchev–Trinajstić information content (AvgIpc) is 2.46. The predicted octanol–water partition coefficient (Wildman–Crippen LogP) is -1.19. The molecule has 0 aromatic carbocycles. The SMILES string of the molecule is CCC(C)COC(=O)CC(C(=O)OCC(C)CC)S(=O)[O-].[Na+]. The molecule has 0 amide bonds. The van der Waals surface area contributed by atoms with Crippen molar-refractivity contribution in [3.8, 4) is 0 Å². The second-order valence-corrected chi connectivity index (χ2v) is 6.38. The molecule has 0 aromatic heterocycles. The van der Waals surface area contributed by atoms with E-state index in [1.165, 1.54) is 0 Å². The summed E-state index contributed by atoms with van der Waals surface area (Å²) < 4.78 is 32.0. The Balaban J connectivity index is 0. The van der Waals surface area contributed by atoms with Crippen LogP contribution in [-0.2, 0) is 30.1 Å². The maximum atomic E-state index is 11.7. The molecule has 8 heteroatoms. The van der Waals surface area contributed by atoms with E-state index in [9.17, 15) is 18.4 Å². The molecule has 0 rings (SSSR count). The molecule has 0 heterocycles. The number of hydrogen-bond acceptors (Lipinski definition) is 6. The van der Waals surface area contributed by atoms with Gasteiger partial charge in [0.05, 0.1) is 19.6 Å². The summed E-state index contributed by atoms with van der Waals surface area (Å²) in [5.74, 6) is -1.26. The van der Waals surface area contributed by atoms with Crippen molar-refractivity contribution >= 4 is 23.0 Å². The molecule has 0 fully saturated rings. The zero-order valence-corrected chi connectivity index (χ0v) is 16.9. The van der Waals surface area contributed by atoms with Crippen LogP contribution in [0.3, 0.4) is 0 Å². The quantitative estimate of drug-likeness (QED) is 0.281. The minimum absolute atomic E-state index is 0. The van der Waals surface area contributed by atoms with Crippen LogP contribution >= 0.6 is 0 Å². The van der Waals surface area contributed by atoms with Crippen molar-refractivity contribution in [2.45, 2.75) is 52.2 Å². The van der Waals surface area contributed by atoms with Gasteiger partial charge in [-0.25, -0.2) is 0 Å². The molecule has 0 radical (unpaired) electrons. The Labute approximate surface area is 157 Å². The van der Waals surface area contributed by atoms with Crippen LogP contribution < -0.4 is 29.6 Å². The van der Waals surface area contributed by atoms with Gasteiger partial charge in [-0.1, -0.05) is 40.5 Å². The van der Waals surface area contributed by atoms with E-state index in [4.69, 9.17) is 9.47 Å². The summed E-state index contributed by atoms with van der Waals surface area (Å²) in [7, 11) is 0. The summed E-state index contributed by atoms with van der Waals surface area (Å²) in [6.07, 6.45) is 1.16. The molecule has 0 aromatic rings. The fourth-order valence-corrected chi connectivity index (χ4v) is 1.73. The van der Waals surface area contributed by atoms with E-state index < -0.39 is 34.7 Å². The monoisotopic (exact) mass is 344 g/mol. The van der Waals surface area contributed by atoms with Crippen LogP contribution in [0.15, 0.2) is 0 Å². The van der Waals surface area contributed by atoms with Gasteiger partial charge in [0, 0.05) is 0 Å². The van der Waals surface area contributed by atoms with Crippen molar-refractivity contribution < 1.29 is 57.4 Å². The van der Waals surface area contributed by atoms with Crippen molar-refractivity contribution in [2.24, 2.45) is 11.8 Å². The summed E-state index contributed by atoms with van der Waals surface area (Å²) in [6, 6.07) is 0. The molecule has 4 unspecified atom stereocenters. The van der Waals surface area contributed by atoms with Gasteiger partial charge in [-0.05, 0) is 22.9 Å². The Morgan fingerprint density at radius 2 is 1.50 bits per heavy atom. The van der Waals surface area contributed by atoms with Crippen molar-refractivity contribution in [2.75, 3.05) is 13.2 Å². The minimum Gasteiger partial charge on any atom is -0.772 e. The minimum atomic E-state index is -2.71. The standard InChI is InChI=1S/C14H26O6S.Na/c1-5-10(3)8-19-13(15)7-12(21(17)18)14(16)20-9-11(4)6-2;/h10-12H,5-9H2,1-4H3,(H,17,18);/q;+1/p-1. The predicted molar refractivity (Wildman–Crippen MR) is 78.2 cm³/mol. The number of esters is 2. The third-order valence-corrected chi connectivity index (χ3v) is 4.10. The van der Waals surface area contributed by atoms with Gasteiger partial charge in [-0.3, -0.25) is 13.8 Å². The first kappa shape index (κ1) is 24.3. The Morgan fingerprint density at radius 1 is 1.05 bits per heavy atom. The van der Waals surface area contributed by atoms with Crippen LogP contribution in [0.1, 0.15) is 47.0 Å². The second-order valence-electron chi connectivity index (χ2n) is 5.29. The van der Waals surface area contributed by atoms with Gasteiger partial charge < -0.3 is 14.0 Å². The van der Waals surface area contributed by atoms with Gasteiger partial charge in [0.2, 0.25) is 0 Å². The number of carbonyl (C=O) groups excluding carboxylic acids is 2. The molecule has 0 aliphatic rings. The van der Waals surface area contributed by atoms with Gasteiger partial charge in [0.1, 0.15) is 5.25 Å². The molecule has 0 saturated carbocycles. The Bertz CT molecular complexity index is 363. The van der Waals surface area contributed by atoms with Crippen molar-refractivity contribution in [3.63, 3.8) is 0 Å². The van der Waals surface area contributed by atoms with Crippen molar-refractivity contribution in [1.82, 2.24) is 0 Å². The van der Waals surface area contributed by atoms with Crippen LogP contribution in [0.25, 0.3) is 0 Å².